The van der Waals surface area contributed by atoms with Gasteiger partial charge in [0.05, 0.1) is 5.75 Å². The number of urea groups is 1. The minimum atomic E-state index is -0.562. The van der Waals surface area contributed by atoms with Crippen LogP contribution in [-0.4, -0.2) is 32.5 Å². The third-order valence-electron chi connectivity index (χ3n) is 3.90. The van der Waals surface area contributed by atoms with Crippen molar-refractivity contribution in [2.75, 3.05) is 11.1 Å². The number of para-hydroxylation sites is 1. The first-order chi connectivity index (χ1) is 13.0. The second kappa shape index (κ2) is 8.50. The zero-order valence-electron chi connectivity index (χ0n) is 15.0. The van der Waals surface area contributed by atoms with Crippen LogP contribution >= 0.6 is 11.8 Å². The highest BCUT2D eigenvalue weighted by Gasteiger charge is 2.12. The second-order valence-electron chi connectivity index (χ2n) is 5.91. The van der Waals surface area contributed by atoms with E-state index in [0.717, 1.165) is 16.8 Å². The van der Waals surface area contributed by atoms with E-state index in [-0.39, 0.29) is 5.75 Å². The molecule has 8 heteroatoms. The van der Waals surface area contributed by atoms with Crippen molar-refractivity contribution in [3.05, 3.63) is 66.0 Å². The highest BCUT2D eigenvalue weighted by atomic mass is 32.2. The minimum Gasteiger partial charge on any atom is -0.308 e. The van der Waals surface area contributed by atoms with Crippen LogP contribution in [0, 0.1) is 13.8 Å². The maximum absolute atomic E-state index is 12.1. The lowest BCUT2D eigenvalue weighted by Gasteiger charge is -2.09. The van der Waals surface area contributed by atoms with E-state index >= 15 is 0 Å². The number of hydrogen-bond donors (Lipinski definition) is 2. The van der Waals surface area contributed by atoms with Crippen LogP contribution < -0.4 is 10.6 Å². The highest BCUT2D eigenvalue weighted by molar-refractivity contribution is 7.99. The summed E-state index contributed by atoms with van der Waals surface area (Å²) < 4.78 is 1.78. The van der Waals surface area contributed by atoms with Gasteiger partial charge in [-0.3, -0.25) is 14.7 Å². The largest absolute Gasteiger partial charge is 0.325 e. The van der Waals surface area contributed by atoms with Crippen molar-refractivity contribution in [1.82, 2.24) is 20.1 Å². The Balaban J connectivity index is 1.54. The number of rotatable bonds is 5. The molecule has 0 saturated heterocycles. The van der Waals surface area contributed by atoms with Gasteiger partial charge >= 0.3 is 6.03 Å². The Bertz CT molecular complexity index is 956. The molecule has 3 aromatic rings. The topological polar surface area (TPSA) is 88.9 Å². The quantitative estimate of drug-likeness (QED) is 0.662. The van der Waals surface area contributed by atoms with Crippen molar-refractivity contribution in [1.29, 1.82) is 0 Å². The van der Waals surface area contributed by atoms with E-state index in [4.69, 9.17) is 0 Å². The summed E-state index contributed by atoms with van der Waals surface area (Å²) in [6.07, 6.45) is 1.59. The van der Waals surface area contributed by atoms with E-state index < -0.39 is 11.9 Å². The molecule has 0 unspecified atom stereocenters. The van der Waals surface area contributed by atoms with Crippen LogP contribution in [0.2, 0.25) is 0 Å². The number of hydrogen-bond acceptors (Lipinski definition) is 5. The van der Waals surface area contributed by atoms with Gasteiger partial charge < -0.3 is 5.32 Å². The predicted molar refractivity (Wildman–Crippen MR) is 105 cm³/mol. The Morgan fingerprint density at radius 3 is 2.59 bits per heavy atom. The fourth-order valence-electron chi connectivity index (χ4n) is 2.36. The number of anilines is 1. The normalized spacial score (nSPS) is 10.4. The van der Waals surface area contributed by atoms with Crippen molar-refractivity contribution in [3.63, 3.8) is 0 Å². The van der Waals surface area contributed by atoms with Crippen LogP contribution in [-0.2, 0) is 4.79 Å². The van der Waals surface area contributed by atoms with Gasteiger partial charge in [-0.25, -0.2) is 4.79 Å². The molecule has 2 N–H and O–H groups in total. The van der Waals surface area contributed by atoms with E-state index in [9.17, 15) is 9.59 Å². The number of imide groups is 1. The molecule has 0 aliphatic carbocycles. The zero-order valence-corrected chi connectivity index (χ0v) is 15.8. The van der Waals surface area contributed by atoms with Gasteiger partial charge in [0.25, 0.3) is 0 Å². The molecule has 0 aliphatic heterocycles. The number of nitrogens with zero attached hydrogens (tertiary/aromatic N) is 3. The average Bonchev–Trinajstić information content (AvgIpc) is 3.12. The summed E-state index contributed by atoms with van der Waals surface area (Å²) in [6, 6.07) is 14.6. The first-order valence-electron chi connectivity index (χ1n) is 8.29. The van der Waals surface area contributed by atoms with Gasteiger partial charge in [-0.1, -0.05) is 36.0 Å². The number of carbonyl (C=O) groups excluding carboxylic acids is 2. The molecule has 3 amide bonds. The first kappa shape index (κ1) is 18.7. The standard InChI is InChI=1S/C19H19N5O2S/c1-13-8-9-15(10-14(13)2)21-18(26)22-17(25)11-27-19-23-20-12-24(19)16-6-4-3-5-7-16/h3-10,12H,11H2,1-2H3,(H2,21,22,25,26). The first-order valence-corrected chi connectivity index (χ1v) is 9.28. The molecule has 0 saturated carbocycles. The summed E-state index contributed by atoms with van der Waals surface area (Å²) in [5.41, 5.74) is 3.74. The third-order valence-corrected chi connectivity index (χ3v) is 4.84. The number of thioether (sulfide) groups is 1. The molecule has 3 rings (SSSR count). The lowest BCUT2D eigenvalue weighted by Crippen LogP contribution is -2.35. The second-order valence-corrected chi connectivity index (χ2v) is 6.85. The van der Waals surface area contributed by atoms with Gasteiger partial charge in [0.1, 0.15) is 6.33 Å². The van der Waals surface area contributed by atoms with Gasteiger partial charge in [-0.15, -0.1) is 10.2 Å². The number of nitrogens with one attached hydrogen (secondary N) is 2. The van der Waals surface area contributed by atoms with Crippen LogP contribution in [0.1, 0.15) is 11.1 Å². The van der Waals surface area contributed by atoms with Crippen molar-refractivity contribution in [2.45, 2.75) is 19.0 Å². The van der Waals surface area contributed by atoms with Gasteiger partial charge in [0, 0.05) is 11.4 Å². The molecule has 138 valence electrons. The molecule has 1 heterocycles. The monoisotopic (exact) mass is 381 g/mol. The number of aromatic nitrogens is 3. The maximum Gasteiger partial charge on any atom is 0.325 e. The molecule has 7 nitrogen and oxygen atoms in total. The van der Waals surface area contributed by atoms with Gasteiger partial charge in [-0.2, -0.15) is 0 Å². The molecule has 0 atom stereocenters. The van der Waals surface area contributed by atoms with Crippen LogP contribution in [0.15, 0.2) is 60.0 Å². The Morgan fingerprint density at radius 1 is 1.07 bits per heavy atom. The van der Waals surface area contributed by atoms with Crippen molar-refractivity contribution < 1.29 is 9.59 Å². The summed E-state index contributed by atoms with van der Waals surface area (Å²) in [7, 11) is 0. The molecule has 0 fully saturated rings. The SMILES string of the molecule is Cc1ccc(NC(=O)NC(=O)CSc2nncn2-c2ccccc2)cc1C. The van der Waals surface area contributed by atoms with Gasteiger partial charge in [-0.05, 0) is 49.2 Å². The molecule has 0 spiro atoms. The Hall–Kier alpha value is -3.13. The molecule has 0 aliphatic rings. The van der Waals surface area contributed by atoms with Gasteiger partial charge in [0.2, 0.25) is 5.91 Å². The van der Waals surface area contributed by atoms with Crippen LogP contribution in [0.4, 0.5) is 10.5 Å². The molecule has 0 radical (unpaired) electrons. The number of benzene rings is 2. The molecule has 0 bridgehead atoms. The summed E-state index contributed by atoms with van der Waals surface area (Å²) in [6.45, 7) is 3.96. The van der Waals surface area contributed by atoms with E-state index in [2.05, 4.69) is 20.8 Å². The third kappa shape index (κ3) is 4.95. The van der Waals surface area contributed by atoms with E-state index in [1.165, 1.54) is 11.8 Å². The average molecular weight is 381 g/mol. The molecule has 27 heavy (non-hydrogen) atoms. The van der Waals surface area contributed by atoms with E-state index in [1.807, 2.05) is 56.3 Å². The Kier molecular flexibility index (Phi) is 5.87. The van der Waals surface area contributed by atoms with Crippen molar-refractivity contribution in [3.8, 4) is 5.69 Å². The fraction of sp³-hybridized carbons (Fsp3) is 0.158. The maximum atomic E-state index is 12.1. The van der Waals surface area contributed by atoms with Crippen molar-refractivity contribution >= 4 is 29.4 Å². The van der Waals surface area contributed by atoms with Crippen LogP contribution in [0.5, 0.6) is 0 Å². The van der Waals surface area contributed by atoms with E-state index in [1.54, 1.807) is 17.0 Å². The molecule has 2 aromatic carbocycles. The molecular weight excluding hydrogens is 362 g/mol. The summed E-state index contributed by atoms with van der Waals surface area (Å²) in [5, 5.41) is 13.5. The number of aryl methyl sites for hydroxylation is 2. The summed E-state index contributed by atoms with van der Waals surface area (Å²) >= 11 is 1.21. The van der Waals surface area contributed by atoms with Crippen molar-refractivity contribution in [2.24, 2.45) is 0 Å². The van der Waals surface area contributed by atoms with E-state index in [0.29, 0.717) is 10.8 Å². The van der Waals surface area contributed by atoms with Crippen LogP contribution in [0.3, 0.4) is 0 Å². The van der Waals surface area contributed by atoms with Gasteiger partial charge in [0.15, 0.2) is 5.16 Å². The lowest BCUT2D eigenvalue weighted by atomic mass is 10.1. The smallest absolute Gasteiger partial charge is 0.308 e. The summed E-state index contributed by atoms with van der Waals surface area (Å²) in [5.74, 6) is -0.366. The fourth-order valence-corrected chi connectivity index (χ4v) is 3.09. The predicted octanol–water partition coefficient (Wildman–Crippen LogP) is 3.32. The lowest BCUT2D eigenvalue weighted by molar-refractivity contribution is -0.117. The summed E-state index contributed by atoms with van der Waals surface area (Å²) in [4.78, 5) is 24.0. The molecular formula is C19H19N5O2S. The minimum absolute atomic E-state index is 0.0475. The Morgan fingerprint density at radius 2 is 1.85 bits per heavy atom. The Labute approximate surface area is 161 Å². The number of carbonyl (C=O) groups is 2. The highest BCUT2D eigenvalue weighted by Crippen LogP contribution is 2.19. The number of amides is 3. The molecule has 1 aromatic heterocycles. The van der Waals surface area contributed by atoms with Crippen LogP contribution in [0.25, 0.3) is 5.69 Å². The zero-order chi connectivity index (χ0) is 19.2.